The second-order valence-corrected chi connectivity index (χ2v) is 16.2. The van der Waals surface area contributed by atoms with E-state index in [4.69, 9.17) is 23.7 Å². The van der Waals surface area contributed by atoms with Gasteiger partial charge >= 0.3 is 11.9 Å². The molecule has 1 aromatic carbocycles. The minimum absolute atomic E-state index is 0.0479. The highest BCUT2D eigenvalue weighted by Crippen LogP contribution is 2.41. The van der Waals surface area contributed by atoms with Crippen LogP contribution in [0.15, 0.2) is 24.3 Å². The summed E-state index contributed by atoms with van der Waals surface area (Å²) in [6, 6.07) is 5.88. The van der Waals surface area contributed by atoms with Crippen molar-refractivity contribution in [1.82, 2.24) is 4.90 Å². The van der Waals surface area contributed by atoms with Gasteiger partial charge in [-0.2, -0.15) is 0 Å². The predicted octanol–water partition coefficient (Wildman–Crippen LogP) is 3.98. The van der Waals surface area contributed by atoms with Crippen molar-refractivity contribution in [1.29, 1.82) is 0 Å². The van der Waals surface area contributed by atoms with E-state index < -0.39 is 95.9 Å². The SMILES string of the molecule is CC[C@H]1OC(=O)[C@H](C)[C@@H](OC(=O)Cc2ccccc2F)[C@H](C)[C@@H](O[C@@H]2O[C@H](C)C[C@H](N(C)C3CC3)[C@H]2O)[C@](C)(OC)C[C@@H](C)C(=O)[C@H](C)[C@@H](O)[C@]1(C)O. The van der Waals surface area contributed by atoms with Crippen LogP contribution >= 0.6 is 0 Å². The molecule has 0 aromatic heterocycles. The van der Waals surface area contributed by atoms with E-state index in [0.717, 1.165) is 12.8 Å². The quantitative estimate of drug-likeness (QED) is 0.312. The van der Waals surface area contributed by atoms with Crippen LogP contribution in [0, 0.1) is 29.5 Å². The van der Waals surface area contributed by atoms with Crippen LogP contribution in [0.25, 0.3) is 0 Å². The molecule has 1 aliphatic carbocycles. The normalized spacial score (nSPS) is 40.7. The monoisotopic (exact) mass is 751 g/mol. The highest BCUT2D eigenvalue weighted by Gasteiger charge is 2.53. The lowest BCUT2D eigenvalue weighted by Gasteiger charge is -2.48. The summed E-state index contributed by atoms with van der Waals surface area (Å²) in [5.41, 5.74) is -3.25. The van der Waals surface area contributed by atoms with E-state index in [1.54, 1.807) is 33.8 Å². The van der Waals surface area contributed by atoms with Crippen molar-refractivity contribution in [2.75, 3.05) is 14.2 Å². The van der Waals surface area contributed by atoms with E-state index in [9.17, 15) is 34.1 Å². The molecule has 2 saturated heterocycles. The summed E-state index contributed by atoms with van der Waals surface area (Å²) < 4.78 is 45.8. The van der Waals surface area contributed by atoms with Gasteiger partial charge in [0.25, 0.3) is 0 Å². The summed E-state index contributed by atoms with van der Waals surface area (Å²) in [5.74, 6) is -6.45. The molecule has 12 nitrogen and oxygen atoms in total. The Labute approximate surface area is 313 Å². The van der Waals surface area contributed by atoms with Crippen molar-refractivity contribution >= 4 is 17.7 Å². The molecule has 2 aliphatic heterocycles. The first kappa shape index (κ1) is 43.2. The molecule has 4 rings (SSSR count). The van der Waals surface area contributed by atoms with Crippen LogP contribution in [0.2, 0.25) is 0 Å². The first-order valence-corrected chi connectivity index (χ1v) is 19.1. The molecule has 14 atom stereocenters. The minimum Gasteiger partial charge on any atom is -0.461 e. The van der Waals surface area contributed by atoms with Gasteiger partial charge in [-0.25, -0.2) is 4.39 Å². The first-order valence-electron chi connectivity index (χ1n) is 19.1. The molecule has 1 saturated carbocycles. The third-order valence-corrected chi connectivity index (χ3v) is 12.0. The topological polar surface area (TPSA) is 161 Å². The number of aliphatic hydroxyl groups excluding tert-OH is 2. The molecule has 0 bridgehead atoms. The van der Waals surface area contributed by atoms with Crippen molar-refractivity contribution in [3.63, 3.8) is 0 Å². The average Bonchev–Trinajstić information content (AvgIpc) is 3.97. The van der Waals surface area contributed by atoms with Crippen molar-refractivity contribution < 1.29 is 57.8 Å². The number of hydrogen-bond acceptors (Lipinski definition) is 12. The van der Waals surface area contributed by atoms with Crippen LogP contribution in [-0.2, 0) is 44.5 Å². The van der Waals surface area contributed by atoms with E-state index in [-0.39, 0.29) is 36.3 Å². The Kier molecular flexibility index (Phi) is 14.3. The number of ketones is 1. The number of carbonyl (C=O) groups excluding carboxylic acids is 3. The van der Waals surface area contributed by atoms with Crippen LogP contribution in [0.5, 0.6) is 0 Å². The highest BCUT2D eigenvalue weighted by atomic mass is 19.1. The predicted molar refractivity (Wildman–Crippen MR) is 193 cm³/mol. The molecule has 3 fully saturated rings. The molecule has 53 heavy (non-hydrogen) atoms. The van der Waals surface area contributed by atoms with Gasteiger partial charge in [-0.1, -0.05) is 45.9 Å². The molecule has 3 aliphatic rings. The zero-order valence-electron chi connectivity index (χ0n) is 33.0. The second kappa shape index (κ2) is 17.5. The second-order valence-electron chi connectivity index (χ2n) is 16.2. The third kappa shape index (κ3) is 9.66. The zero-order chi connectivity index (χ0) is 39.6. The number of nitrogens with zero attached hydrogens (tertiary/aromatic N) is 1. The molecule has 0 unspecified atom stereocenters. The van der Waals surface area contributed by atoms with Gasteiger partial charge in [-0.3, -0.25) is 19.3 Å². The van der Waals surface area contributed by atoms with Gasteiger partial charge in [0.15, 0.2) is 6.29 Å². The molecule has 2 heterocycles. The molecule has 1 aromatic rings. The van der Waals surface area contributed by atoms with Gasteiger partial charge in [0.05, 0.1) is 36.3 Å². The molecule has 0 radical (unpaired) electrons. The summed E-state index contributed by atoms with van der Waals surface area (Å²) in [6.45, 7) is 13.1. The molecule has 3 N–H and O–H groups in total. The molecule has 0 spiro atoms. The summed E-state index contributed by atoms with van der Waals surface area (Å²) in [7, 11) is 3.44. The number of cyclic esters (lactones) is 1. The molecular formula is C40H62FNO11. The Morgan fingerprint density at radius 1 is 1.06 bits per heavy atom. The Balaban J connectivity index is 1.82. The number of ether oxygens (including phenoxy) is 5. The van der Waals surface area contributed by atoms with Crippen molar-refractivity contribution in [2.45, 2.75) is 160 Å². The van der Waals surface area contributed by atoms with Crippen molar-refractivity contribution in [3.8, 4) is 0 Å². The molecule has 0 amide bonds. The number of esters is 2. The third-order valence-electron chi connectivity index (χ3n) is 12.0. The summed E-state index contributed by atoms with van der Waals surface area (Å²) >= 11 is 0. The van der Waals surface area contributed by atoms with E-state index in [0.29, 0.717) is 12.5 Å². The fraction of sp³-hybridized carbons (Fsp3) is 0.775. The number of likely N-dealkylation sites (N-methyl/N-ethyl adjacent to an activating group) is 1. The standard InChI is InChI=1S/C40H62FNO11/c1-11-30-40(8,48)35(46)23(4)32(44)21(2)20-39(7,49-10)36(53-38-33(45)29(18-22(3)50-38)42(9)27-16-17-27)24(5)34(25(6)37(47)51-30)52-31(43)19-26-14-12-13-15-28(26)41/h12-15,21-25,27,29-30,33-36,38,45-46,48H,11,16-20H2,1-10H3/t21-,22-,23+,24+,25-,29+,30-,33-,34+,35-,36-,38+,39-,40-/m1/s1. The van der Waals surface area contributed by atoms with Gasteiger partial charge in [-0.05, 0) is 78.5 Å². The van der Waals surface area contributed by atoms with E-state index in [2.05, 4.69) is 4.90 Å². The molecule has 13 heteroatoms. The lowest BCUT2D eigenvalue weighted by Crippen LogP contribution is -2.61. The lowest BCUT2D eigenvalue weighted by atomic mass is 9.74. The maximum atomic E-state index is 14.6. The smallest absolute Gasteiger partial charge is 0.312 e. The molecule has 300 valence electrons. The maximum absolute atomic E-state index is 14.6. The number of methoxy groups -OCH3 is 1. The number of aliphatic hydroxyl groups is 3. The van der Waals surface area contributed by atoms with E-state index >= 15 is 0 Å². The van der Waals surface area contributed by atoms with Crippen molar-refractivity contribution in [3.05, 3.63) is 35.6 Å². The van der Waals surface area contributed by atoms with Crippen LogP contribution in [0.1, 0.15) is 93.1 Å². The Morgan fingerprint density at radius 3 is 2.28 bits per heavy atom. The maximum Gasteiger partial charge on any atom is 0.312 e. The van der Waals surface area contributed by atoms with Crippen LogP contribution in [0.4, 0.5) is 4.39 Å². The summed E-state index contributed by atoms with van der Waals surface area (Å²) in [6.07, 6.45) is -5.35. The van der Waals surface area contributed by atoms with Gasteiger partial charge in [-0.15, -0.1) is 0 Å². The number of Topliss-reactive ketones (excluding diaryl/α,β-unsaturated/α-hetero) is 1. The average molecular weight is 752 g/mol. The van der Waals surface area contributed by atoms with E-state index in [1.165, 1.54) is 46.1 Å². The Bertz CT molecular complexity index is 1420. The zero-order valence-corrected chi connectivity index (χ0v) is 33.0. The lowest BCUT2D eigenvalue weighted by molar-refractivity contribution is -0.302. The highest BCUT2D eigenvalue weighted by molar-refractivity contribution is 5.83. The summed E-state index contributed by atoms with van der Waals surface area (Å²) in [4.78, 5) is 43.8. The Morgan fingerprint density at radius 2 is 1.70 bits per heavy atom. The van der Waals surface area contributed by atoms with E-state index in [1.807, 2.05) is 14.0 Å². The fourth-order valence-corrected chi connectivity index (χ4v) is 8.42. The number of rotatable bonds is 9. The first-order chi connectivity index (χ1) is 24.8. The number of carbonyl (C=O) groups is 3. The fourth-order valence-electron chi connectivity index (χ4n) is 8.42. The number of benzene rings is 1. The van der Waals surface area contributed by atoms with Gasteiger partial charge in [0.1, 0.15) is 35.5 Å². The van der Waals surface area contributed by atoms with Crippen molar-refractivity contribution in [2.24, 2.45) is 23.7 Å². The molecular weight excluding hydrogens is 689 g/mol. The number of hydrogen-bond donors (Lipinski definition) is 3. The van der Waals surface area contributed by atoms with Crippen LogP contribution in [-0.4, -0.2) is 118 Å². The largest absolute Gasteiger partial charge is 0.461 e. The van der Waals surface area contributed by atoms with Crippen LogP contribution in [0.3, 0.4) is 0 Å². The number of halogens is 1. The van der Waals surface area contributed by atoms with Gasteiger partial charge < -0.3 is 39.0 Å². The van der Waals surface area contributed by atoms with Gasteiger partial charge in [0.2, 0.25) is 0 Å². The van der Waals surface area contributed by atoms with Crippen LogP contribution < -0.4 is 0 Å². The van der Waals surface area contributed by atoms with Gasteiger partial charge in [0, 0.05) is 36.9 Å². The summed E-state index contributed by atoms with van der Waals surface area (Å²) in [5, 5.41) is 34.7. The Hall–Kier alpha value is -2.52. The minimum atomic E-state index is -2.02.